The molecule has 116 valence electrons. The highest BCUT2D eigenvalue weighted by atomic mass is 32.1. The van der Waals surface area contributed by atoms with Crippen molar-refractivity contribution in [1.29, 1.82) is 0 Å². The summed E-state index contributed by atoms with van der Waals surface area (Å²) in [7, 11) is 0. The van der Waals surface area contributed by atoms with Gasteiger partial charge >= 0.3 is 0 Å². The van der Waals surface area contributed by atoms with Crippen LogP contribution >= 0.6 is 22.7 Å². The number of hydrogen-bond acceptors (Lipinski definition) is 5. The van der Waals surface area contributed by atoms with Crippen molar-refractivity contribution in [2.75, 3.05) is 6.54 Å². The molecule has 0 bridgehead atoms. The van der Waals surface area contributed by atoms with Crippen LogP contribution in [0.5, 0.6) is 0 Å². The van der Waals surface area contributed by atoms with Gasteiger partial charge in [-0.1, -0.05) is 0 Å². The Labute approximate surface area is 137 Å². The van der Waals surface area contributed by atoms with Gasteiger partial charge in [0, 0.05) is 11.9 Å². The first-order chi connectivity index (χ1) is 10.7. The second-order valence-electron chi connectivity index (χ2n) is 5.25. The predicted molar refractivity (Wildman–Crippen MR) is 86.7 cm³/mol. The van der Waals surface area contributed by atoms with Crippen molar-refractivity contribution in [1.82, 2.24) is 15.2 Å². The van der Waals surface area contributed by atoms with Crippen LogP contribution in [-0.4, -0.2) is 34.3 Å². The van der Waals surface area contributed by atoms with Crippen LogP contribution in [0.4, 0.5) is 0 Å². The first-order valence-electron chi connectivity index (χ1n) is 7.19. The molecule has 1 N–H and O–H groups in total. The molecule has 2 aromatic heterocycles. The van der Waals surface area contributed by atoms with Crippen molar-refractivity contribution in [2.45, 2.75) is 31.8 Å². The molecule has 0 saturated carbocycles. The van der Waals surface area contributed by atoms with E-state index in [2.05, 4.69) is 10.3 Å². The fourth-order valence-corrected chi connectivity index (χ4v) is 3.85. The lowest BCUT2D eigenvalue weighted by molar-refractivity contribution is -0.138. The maximum Gasteiger partial charge on any atom is 0.243 e. The normalized spacial score (nSPS) is 17.6. The molecule has 1 fully saturated rings. The number of carbonyl (C=O) groups excluding carboxylic acids is 2. The minimum Gasteiger partial charge on any atom is -0.349 e. The number of nitrogens with zero attached hydrogens (tertiary/aromatic N) is 2. The summed E-state index contributed by atoms with van der Waals surface area (Å²) in [4.78, 5) is 30.6. The molecular weight excluding hydrogens is 318 g/mol. The van der Waals surface area contributed by atoms with Gasteiger partial charge < -0.3 is 10.2 Å². The van der Waals surface area contributed by atoms with Gasteiger partial charge in [-0.15, -0.1) is 11.3 Å². The lowest BCUT2D eigenvalue weighted by Crippen LogP contribution is -2.46. The first-order valence-corrected chi connectivity index (χ1v) is 9.08. The highest BCUT2D eigenvalue weighted by Crippen LogP contribution is 2.19. The molecule has 3 heterocycles. The number of hydrogen-bond donors (Lipinski definition) is 1. The molecule has 2 aromatic rings. The topological polar surface area (TPSA) is 62.3 Å². The Hall–Kier alpha value is -1.73. The number of rotatable bonds is 5. The van der Waals surface area contributed by atoms with Crippen molar-refractivity contribution in [3.63, 3.8) is 0 Å². The Morgan fingerprint density at radius 2 is 2.27 bits per heavy atom. The lowest BCUT2D eigenvalue weighted by atomic mass is 10.1. The number of amides is 2. The lowest BCUT2D eigenvalue weighted by Gasteiger charge is -2.23. The third-order valence-corrected chi connectivity index (χ3v) is 5.11. The van der Waals surface area contributed by atoms with E-state index >= 15 is 0 Å². The zero-order valence-corrected chi connectivity index (χ0v) is 13.7. The van der Waals surface area contributed by atoms with Crippen LogP contribution < -0.4 is 5.32 Å². The van der Waals surface area contributed by atoms with Crippen molar-refractivity contribution < 1.29 is 9.59 Å². The van der Waals surface area contributed by atoms with Crippen LogP contribution in [0.3, 0.4) is 0 Å². The van der Waals surface area contributed by atoms with Gasteiger partial charge in [0.2, 0.25) is 11.8 Å². The third-order valence-electron chi connectivity index (χ3n) is 3.74. The number of aromatic nitrogens is 1. The molecule has 5 nitrogen and oxygen atoms in total. The van der Waals surface area contributed by atoms with Crippen LogP contribution in [0.25, 0.3) is 0 Å². The van der Waals surface area contributed by atoms with Gasteiger partial charge in [-0.2, -0.15) is 11.3 Å². The summed E-state index contributed by atoms with van der Waals surface area (Å²) < 4.78 is 0. The van der Waals surface area contributed by atoms with Gasteiger partial charge in [0.05, 0.1) is 24.2 Å². The fourth-order valence-electron chi connectivity index (χ4n) is 2.63. The summed E-state index contributed by atoms with van der Waals surface area (Å²) in [5.41, 5.74) is 3.62. The number of carbonyl (C=O) groups is 2. The zero-order chi connectivity index (χ0) is 15.4. The second-order valence-corrected chi connectivity index (χ2v) is 6.75. The predicted octanol–water partition coefficient (Wildman–Crippen LogP) is 2.05. The van der Waals surface area contributed by atoms with E-state index in [1.807, 2.05) is 22.2 Å². The van der Waals surface area contributed by atoms with E-state index in [1.54, 1.807) is 21.7 Å². The van der Waals surface area contributed by atoms with Gasteiger partial charge in [-0.25, -0.2) is 4.98 Å². The Balaban J connectivity index is 1.57. The Bertz CT molecular complexity index is 625. The first kappa shape index (κ1) is 15.2. The molecule has 1 unspecified atom stereocenters. The van der Waals surface area contributed by atoms with Crippen LogP contribution in [0.2, 0.25) is 0 Å². The van der Waals surface area contributed by atoms with Gasteiger partial charge in [0.1, 0.15) is 6.04 Å². The summed E-state index contributed by atoms with van der Waals surface area (Å²) in [5, 5.41) is 8.74. The van der Waals surface area contributed by atoms with Gasteiger partial charge in [0.25, 0.3) is 0 Å². The molecule has 0 aromatic carbocycles. The van der Waals surface area contributed by atoms with E-state index in [0.717, 1.165) is 24.1 Å². The van der Waals surface area contributed by atoms with Crippen LogP contribution in [0, 0.1) is 0 Å². The van der Waals surface area contributed by atoms with Gasteiger partial charge in [-0.3, -0.25) is 9.59 Å². The number of likely N-dealkylation sites (tertiary alicyclic amines) is 1. The van der Waals surface area contributed by atoms with E-state index in [-0.39, 0.29) is 17.9 Å². The number of thiophene rings is 1. The smallest absolute Gasteiger partial charge is 0.243 e. The van der Waals surface area contributed by atoms with Crippen molar-refractivity contribution in [3.05, 3.63) is 39.0 Å². The highest BCUT2D eigenvalue weighted by Gasteiger charge is 2.33. The van der Waals surface area contributed by atoms with Crippen LogP contribution in [0.15, 0.2) is 27.7 Å². The van der Waals surface area contributed by atoms with E-state index in [1.165, 1.54) is 11.3 Å². The summed E-state index contributed by atoms with van der Waals surface area (Å²) >= 11 is 3.09. The minimum atomic E-state index is -0.343. The molecule has 1 atom stereocenters. The molecule has 7 heteroatoms. The summed E-state index contributed by atoms with van der Waals surface area (Å²) in [6.45, 7) is 1.09. The average Bonchev–Trinajstić information content (AvgIpc) is 3.25. The molecule has 1 saturated heterocycles. The molecular formula is C15H17N3O2S2. The van der Waals surface area contributed by atoms with E-state index in [9.17, 15) is 9.59 Å². The summed E-state index contributed by atoms with van der Waals surface area (Å²) in [6.07, 6.45) is 1.99. The van der Waals surface area contributed by atoms with Crippen LogP contribution in [-0.2, 0) is 22.6 Å². The Kier molecular flexibility index (Phi) is 4.84. The van der Waals surface area contributed by atoms with E-state index in [0.29, 0.717) is 19.5 Å². The molecule has 2 amide bonds. The number of thiazole rings is 1. The second kappa shape index (κ2) is 7.02. The summed E-state index contributed by atoms with van der Waals surface area (Å²) in [5.74, 6) is -0.0473. The third kappa shape index (κ3) is 3.53. The van der Waals surface area contributed by atoms with Crippen molar-refractivity contribution >= 4 is 34.5 Å². The number of nitrogens with one attached hydrogen (secondary N) is 1. The Morgan fingerprint density at radius 1 is 1.36 bits per heavy atom. The highest BCUT2D eigenvalue weighted by molar-refractivity contribution is 7.08. The Morgan fingerprint density at radius 3 is 3.00 bits per heavy atom. The monoisotopic (exact) mass is 335 g/mol. The van der Waals surface area contributed by atoms with Gasteiger partial charge in [-0.05, 0) is 35.2 Å². The van der Waals surface area contributed by atoms with E-state index in [4.69, 9.17) is 0 Å². The van der Waals surface area contributed by atoms with Crippen LogP contribution in [0.1, 0.15) is 24.1 Å². The molecule has 1 aliphatic heterocycles. The molecule has 1 aliphatic rings. The molecule has 0 spiro atoms. The largest absolute Gasteiger partial charge is 0.349 e. The molecule has 22 heavy (non-hydrogen) atoms. The van der Waals surface area contributed by atoms with E-state index < -0.39 is 0 Å². The average molecular weight is 335 g/mol. The maximum atomic E-state index is 12.4. The SMILES string of the molecule is O=C(NCc1cscn1)C1CCCN1C(=O)Cc1ccsc1. The van der Waals surface area contributed by atoms with Crippen molar-refractivity contribution in [2.24, 2.45) is 0 Å². The van der Waals surface area contributed by atoms with Gasteiger partial charge in [0.15, 0.2) is 0 Å². The quantitative estimate of drug-likeness (QED) is 0.910. The molecule has 3 rings (SSSR count). The fraction of sp³-hybridized carbons (Fsp3) is 0.400. The van der Waals surface area contributed by atoms with Crippen molar-refractivity contribution in [3.8, 4) is 0 Å². The zero-order valence-electron chi connectivity index (χ0n) is 12.0. The maximum absolute atomic E-state index is 12.4. The minimum absolute atomic E-state index is 0.0321. The standard InChI is InChI=1S/C15H17N3O2S2/c19-14(6-11-3-5-21-8-11)18-4-1-2-13(18)15(20)16-7-12-9-22-10-17-12/h3,5,8-10,13H,1-2,4,6-7H2,(H,16,20). The molecule has 0 radical (unpaired) electrons. The molecule has 0 aliphatic carbocycles. The summed E-state index contributed by atoms with van der Waals surface area (Å²) in [6, 6.07) is 1.61.